The van der Waals surface area contributed by atoms with E-state index in [4.69, 9.17) is 9.47 Å². The SMILES string of the molecule is COc1cc(NC2CCN(C(=O)C3CC34CCNCC4)CC2)cc(OC)c1. The number of carbonyl (C=O) groups excluding carboxylic acids is 1. The number of ether oxygens (including phenoxy) is 2. The lowest BCUT2D eigenvalue weighted by atomic mass is 9.91. The second kappa shape index (κ2) is 7.58. The largest absolute Gasteiger partial charge is 0.497 e. The second-order valence-electron chi connectivity index (χ2n) is 8.21. The molecule has 148 valence electrons. The van der Waals surface area contributed by atoms with Crippen LogP contribution in [0, 0.1) is 11.3 Å². The van der Waals surface area contributed by atoms with Crippen molar-refractivity contribution in [3.63, 3.8) is 0 Å². The summed E-state index contributed by atoms with van der Waals surface area (Å²) >= 11 is 0. The van der Waals surface area contributed by atoms with Crippen molar-refractivity contribution in [2.75, 3.05) is 45.7 Å². The Kier molecular flexibility index (Phi) is 5.17. The summed E-state index contributed by atoms with van der Waals surface area (Å²) in [6, 6.07) is 6.23. The Hall–Kier alpha value is -1.95. The standard InChI is InChI=1S/C21H31N3O3/c1-26-17-11-16(12-18(13-17)27-2)23-15-3-9-24(10-4-15)20(25)19-14-21(19)5-7-22-8-6-21/h11-13,15,19,22-23H,3-10,14H2,1-2H3. The molecule has 6 nitrogen and oxygen atoms in total. The molecule has 1 unspecified atom stereocenters. The highest BCUT2D eigenvalue weighted by Gasteiger charge is 2.58. The van der Waals surface area contributed by atoms with Gasteiger partial charge in [-0.2, -0.15) is 0 Å². The van der Waals surface area contributed by atoms with E-state index in [1.54, 1.807) is 14.2 Å². The van der Waals surface area contributed by atoms with Crippen LogP contribution in [-0.4, -0.2) is 57.2 Å². The van der Waals surface area contributed by atoms with Gasteiger partial charge in [0.25, 0.3) is 0 Å². The Balaban J connectivity index is 1.30. The van der Waals surface area contributed by atoms with E-state index in [2.05, 4.69) is 15.5 Å². The molecule has 3 aliphatic rings. The average Bonchev–Trinajstić information content (AvgIpc) is 3.40. The summed E-state index contributed by atoms with van der Waals surface area (Å²) in [5.41, 5.74) is 1.33. The second-order valence-corrected chi connectivity index (χ2v) is 8.21. The molecule has 1 aliphatic carbocycles. The van der Waals surface area contributed by atoms with Gasteiger partial charge in [-0.15, -0.1) is 0 Å². The van der Waals surface area contributed by atoms with E-state index in [-0.39, 0.29) is 5.92 Å². The molecule has 4 rings (SSSR count). The Morgan fingerprint density at radius 1 is 1.11 bits per heavy atom. The third-order valence-corrected chi connectivity index (χ3v) is 6.62. The smallest absolute Gasteiger partial charge is 0.226 e. The summed E-state index contributed by atoms with van der Waals surface area (Å²) in [7, 11) is 3.32. The maximum Gasteiger partial charge on any atom is 0.226 e. The maximum atomic E-state index is 12.9. The fraction of sp³-hybridized carbons (Fsp3) is 0.667. The van der Waals surface area contributed by atoms with Crippen molar-refractivity contribution in [2.24, 2.45) is 11.3 Å². The van der Waals surface area contributed by atoms with Crippen LogP contribution in [0.1, 0.15) is 32.1 Å². The first-order chi connectivity index (χ1) is 13.1. The number of anilines is 1. The molecule has 0 radical (unpaired) electrons. The van der Waals surface area contributed by atoms with E-state index in [0.717, 1.165) is 62.6 Å². The number of benzene rings is 1. The molecule has 2 saturated heterocycles. The first-order valence-electron chi connectivity index (χ1n) is 10.1. The number of piperidine rings is 2. The van der Waals surface area contributed by atoms with Gasteiger partial charge in [-0.25, -0.2) is 0 Å². The first-order valence-corrected chi connectivity index (χ1v) is 10.1. The lowest BCUT2D eigenvalue weighted by molar-refractivity contribution is -0.134. The van der Waals surface area contributed by atoms with Crippen LogP contribution >= 0.6 is 0 Å². The van der Waals surface area contributed by atoms with Crippen LogP contribution in [0.5, 0.6) is 11.5 Å². The van der Waals surface area contributed by atoms with Gasteiger partial charge < -0.3 is 25.0 Å². The molecule has 1 atom stereocenters. The van der Waals surface area contributed by atoms with Crippen LogP contribution in [0.25, 0.3) is 0 Å². The average molecular weight is 373 g/mol. The molecule has 0 aromatic heterocycles. The van der Waals surface area contributed by atoms with Crippen LogP contribution in [0.3, 0.4) is 0 Å². The lowest BCUT2D eigenvalue weighted by Gasteiger charge is -2.34. The first kappa shape index (κ1) is 18.4. The highest BCUT2D eigenvalue weighted by molar-refractivity contribution is 5.83. The molecule has 6 heteroatoms. The number of likely N-dealkylation sites (tertiary alicyclic amines) is 1. The van der Waals surface area contributed by atoms with Gasteiger partial charge in [0.05, 0.1) is 14.2 Å². The maximum absolute atomic E-state index is 12.9. The quantitative estimate of drug-likeness (QED) is 0.830. The zero-order valence-electron chi connectivity index (χ0n) is 16.4. The summed E-state index contributed by atoms with van der Waals surface area (Å²) in [5, 5.41) is 7.00. The molecule has 0 bridgehead atoms. The molecule has 1 aromatic rings. The van der Waals surface area contributed by atoms with E-state index < -0.39 is 0 Å². The molecule has 27 heavy (non-hydrogen) atoms. The number of nitrogens with one attached hydrogen (secondary N) is 2. The van der Waals surface area contributed by atoms with Crippen LogP contribution in [-0.2, 0) is 4.79 Å². The minimum absolute atomic E-state index is 0.284. The summed E-state index contributed by atoms with van der Waals surface area (Å²) < 4.78 is 10.7. The minimum atomic E-state index is 0.284. The molecular weight excluding hydrogens is 342 g/mol. The number of nitrogens with zero attached hydrogens (tertiary/aromatic N) is 1. The molecule has 2 heterocycles. The van der Waals surface area contributed by atoms with E-state index in [9.17, 15) is 4.79 Å². The van der Waals surface area contributed by atoms with Crippen LogP contribution < -0.4 is 20.1 Å². The number of rotatable bonds is 5. The number of hydrogen-bond acceptors (Lipinski definition) is 5. The summed E-state index contributed by atoms with van der Waals surface area (Å²) in [6.45, 7) is 3.84. The van der Waals surface area contributed by atoms with Crippen molar-refractivity contribution >= 4 is 11.6 Å². The molecule has 2 N–H and O–H groups in total. The zero-order valence-corrected chi connectivity index (χ0v) is 16.4. The van der Waals surface area contributed by atoms with Gasteiger partial charge >= 0.3 is 0 Å². The topological polar surface area (TPSA) is 62.8 Å². The Morgan fingerprint density at radius 3 is 2.33 bits per heavy atom. The Labute approximate surface area is 161 Å². The summed E-state index contributed by atoms with van der Waals surface area (Å²) in [6.07, 6.45) is 5.40. The molecule has 1 spiro atoms. The number of methoxy groups -OCH3 is 2. The number of carbonyl (C=O) groups is 1. The third kappa shape index (κ3) is 3.86. The monoisotopic (exact) mass is 373 g/mol. The Morgan fingerprint density at radius 2 is 1.74 bits per heavy atom. The van der Waals surface area contributed by atoms with Gasteiger partial charge in [0.15, 0.2) is 0 Å². The molecule has 1 saturated carbocycles. The predicted molar refractivity (Wildman–Crippen MR) is 105 cm³/mol. The van der Waals surface area contributed by atoms with Crippen LogP contribution in [0.2, 0.25) is 0 Å². The van der Waals surface area contributed by atoms with E-state index >= 15 is 0 Å². The lowest BCUT2D eigenvalue weighted by Crippen LogP contribution is -2.44. The molecule has 3 fully saturated rings. The predicted octanol–water partition coefficient (Wildman–Crippen LogP) is 2.50. The molecule has 1 aromatic carbocycles. The van der Waals surface area contributed by atoms with Gasteiger partial charge in [-0.3, -0.25) is 4.79 Å². The van der Waals surface area contributed by atoms with Crippen LogP contribution in [0.15, 0.2) is 18.2 Å². The van der Waals surface area contributed by atoms with Crippen LogP contribution in [0.4, 0.5) is 5.69 Å². The third-order valence-electron chi connectivity index (χ3n) is 6.62. The molecule has 2 aliphatic heterocycles. The van der Waals surface area contributed by atoms with E-state index in [0.29, 0.717) is 17.4 Å². The Bertz CT molecular complexity index is 657. The van der Waals surface area contributed by atoms with Crippen molar-refractivity contribution < 1.29 is 14.3 Å². The van der Waals surface area contributed by atoms with E-state index in [1.165, 1.54) is 12.8 Å². The fourth-order valence-corrected chi connectivity index (χ4v) is 4.77. The van der Waals surface area contributed by atoms with Gasteiger partial charge in [0.1, 0.15) is 11.5 Å². The van der Waals surface area contributed by atoms with Crippen molar-refractivity contribution in [3.05, 3.63) is 18.2 Å². The van der Waals surface area contributed by atoms with E-state index in [1.807, 2.05) is 18.2 Å². The number of hydrogen-bond donors (Lipinski definition) is 2. The molecular formula is C21H31N3O3. The van der Waals surface area contributed by atoms with Crippen molar-refractivity contribution in [2.45, 2.75) is 38.1 Å². The van der Waals surface area contributed by atoms with Crippen molar-refractivity contribution in [1.82, 2.24) is 10.2 Å². The zero-order chi connectivity index (χ0) is 18.9. The normalized spacial score (nSPS) is 24.5. The minimum Gasteiger partial charge on any atom is -0.497 e. The van der Waals surface area contributed by atoms with Gasteiger partial charge in [-0.1, -0.05) is 0 Å². The van der Waals surface area contributed by atoms with Crippen molar-refractivity contribution in [1.29, 1.82) is 0 Å². The highest BCUT2D eigenvalue weighted by atomic mass is 16.5. The van der Waals surface area contributed by atoms with Gasteiger partial charge in [0, 0.05) is 48.9 Å². The summed E-state index contributed by atoms with van der Waals surface area (Å²) in [5.74, 6) is 2.25. The number of amides is 1. The van der Waals surface area contributed by atoms with Gasteiger partial charge in [-0.05, 0) is 50.6 Å². The summed E-state index contributed by atoms with van der Waals surface area (Å²) in [4.78, 5) is 15.0. The van der Waals surface area contributed by atoms with Crippen molar-refractivity contribution in [3.8, 4) is 11.5 Å². The fourth-order valence-electron chi connectivity index (χ4n) is 4.77. The highest BCUT2D eigenvalue weighted by Crippen LogP contribution is 2.59. The molecule has 1 amide bonds. The van der Waals surface area contributed by atoms with Gasteiger partial charge in [0.2, 0.25) is 5.91 Å².